The highest BCUT2D eigenvalue weighted by atomic mass is 16.5. The van der Waals surface area contributed by atoms with Crippen molar-refractivity contribution in [3.63, 3.8) is 0 Å². The van der Waals surface area contributed by atoms with Gasteiger partial charge in [-0.1, -0.05) is 18.2 Å². The van der Waals surface area contributed by atoms with E-state index in [0.29, 0.717) is 11.8 Å². The molecule has 2 heterocycles. The summed E-state index contributed by atoms with van der Waals surface area (Å²) >= 11 is 0. The minimum atomic E-state index is -0.432. The molecule has 19 heavy (non-hydrogen) atoms. The van der Waals surface area contributed by atoms with Gasteiger partial charge >= 0.3 is 0 Å². The Balaban J connectivity index is 1.62. The molecule has 0 radical (unpaired) electrons. The van der Waals surface area contributed by atoms with Crippen molar-refractivity contribution >= 4 is 11.6 Å². The second-order valence-corrected chi connectivity index (χ2v) is 6.19. The summed E-state index contributed by atoms with van der Waals surface area (Å²) in [6, 6.07) is 9.75. The molecular formula is C15H15NO3. The number of fused-ring (bicyclic) bond motifs is 2. The molecule has 2 aliphatic carbocycles. The number of aliphatic hydroxyl groups excluding tert-OH is 1. The van der Waals surface area contributed by atoms with Crippen LogP contribution >= 0.6 is 0 Å². The fourth-order valence-corrected chi connectivity index (χ4v) is 4.92. The second-order valence-electron chi connectivity index (χ2n) is 6.19. The van der Waals surface area contributed by atoms with Crippen LogP contribution in [-0.2, 0) is 9.53 Å². The van der Waals surface area contributed by atoms with E-state index in [1.165, 1.54) is 0 Å². The molecule has 4 nitrogen and oxygen atoms in total. The third-order valence-corrected chi connectivity index (χ3v) is 5.55. The highest BCUT2D eigenvalue weighted by Gasteiger charge is 2.72. The number of amides is 1. The molecule has 1 aromatic rings. The Kier molecular flexibility index (Phi) is 1.75. The van der Waals surface area contributed by atoms with Gasteiger partial charge in [-0.05, 0) is 30.4 Å². The summed E-state index contributed by atoms with van der Waals surface area (Å²) in [5.74, 6) is 0.917. The zero-order valence-corrected chi connectivity index (χ0v) is 10.3. The van der Waals surface area contributed by atoms with E-state index in [1.807, 2.05) is 35.2 Å². The first-order valence-corrected chi connectivity index (χ1v) is 6.99. The van der Waals surface area contributed by atoms with Crippen molar-refractivity contribution in [2.24, 2.45) is 23.7 Å². The van der Waals surface area contributed by atoms with Crippen LogP contribution in [0, 0.1) is 23.7 Å². The summed E-state index contributed by atoms with van der Waals surface area (Å²) < 4.78 is 6.03. The normalized spacial score (nSPS) is 49.4. The number of anilines is 1. The van der Waals surface area contributed by atoms with Crippen LogP contribution in [0.15, 0.2) is 30.3 Å². The van der Waals surface area contributed by atoms with E-state index in [2.05, 4.69) is 0 Å². The molecule has 4 heteroatoms. The Morgan fingerprint density at radius 2 is 2.00 bits per heavy atom. The maximum Gasteiger partial charge on any atom is 0.233 e. The number of rotatable bonds is 1. The van der Waals surface area contributed by atoms with Crippen molar-refractivity contribution in [2.75, 3.05) is 4.90 Å². The van der Waals surface area contributed by atoms with Gasteiger partial charge in [0.1, 0.15) is 6.23 Å². The minimum absolute atomic E-state index is 0.0241. The number of carbonyl (C=O) groups excluding carboxylic acids is 1. The van der Waals surface area contributed by atoms with Gasteiger partial charge in [-0.3, -0.25) is 9.69 Å². The average Bonchev–Trinajstić information content (AvgIpc) is 3.08. The summed E-state index contributed by atoms with van der Waals surface area (Å²) in [5.41, 5.74) is 0.918. The molecule has 1 N–H and O–H groups in total. The third kappa shape index (κ3) is 1.03. The molecule has 2 bridgehead atoms. The van der Waals surface area contributed by atoms with Crippen LogP contribution in [-0.4, -0.2) is 29.4 Å². The number of ether oxygens (including phenoxy) is 1. The van der Waals surface area contributed by atoms with Gasteiger partial charge < -0.3 is 9.84 Å². The van der Waals surface area contributed by atoms with Crippen molar-refractivity contribution in [3.8, 4) is 0 Å². The van der Waals surface area contributed by atoms with Crippen LogP contribution in [0.4, 0.5) is 5.69 Å². The summed E-state index contributed by atoms with van der Waals surface area (Å²) in [4.78, 5) is 14.5. The molecule has 7 unspecified atom stereocenters. The lowest BCUT2D eigenvalue weighted by atomic mass is 9.80. The van der Waals surface area contributed by atoms with Gasteiger partial charge in [-0.15, -0.1) is 0 Å². The molecule has 7 atom stereocenters. The first-order chi connectivity index (χ1) is 9.27. The number of aliphatic hydroxyl groups is 1. The van der Waals surface area contributed by atoms with E-state index in [0.717, 1.165) is 12.1 Å². The molecule has 0 spiro atoms. The molecule has 1 amide bonds. The maximum atomic E-state index is 12.7. The Morgan fingerprint density at radius 3 is 2.79 bits per heavy atom. The highest BCUT2D eigenvalue weighted by molar-refractivity contribution is 5.99. The molecule has 4 fully saturated rings. The summed E-state index contributed by atoms with van der Waals surface area (Å²) in [6.07, 6.45) is 0.331. The predicted molar refractivity (Wildman–Crippen MR) is 67.2 cm³/mol. The van der Waals surface area contributed by atoms with Crippen molar-refractivity contribution < 1.29 is 14.6 Å². The smallest absolute Gasteiger partial charge is 0.233 e. The van der Waals surface area contributed by atoms with Gasteiger partial charge in [0.2, 0.25) is 5.91 Å². The molecule has 2 saturated carbocycles. The summed E-state index contributed by atoms with van der Waals surface area (Å²) in [6.45, 7) is 0. The lowest BCUT2D eigenvalue weighted by molar-refractivity contribution is -0.128. The monoisotopic (exact) mass is 257 g/mol. The zero-order valence-electron chi connectivity index (χ0n) is 10.3. The number of para-hydroxylation sites is 1. The van der Waals surface area contributed by atoms with Crippen LogP contribution in [0.1, 0.15) is 6.42 Å². The molecule has 2 saturated heterocycles. The van der Waals surface area contributed by atoms with E-state index in [9.17, 15) is 9.90 Å². The van der Waals surface area contributed by atoms with Gasteiger partial charge in [-0.2, -0.15) is 0 Å². The van der Waals surface area contributed by atoms with Gasteiger partial charge in [0.15, 0.2) is 0 Å². The van der Waals surface area contributed by atoms with Crippen molar-refractivity contribution in [1.82, 2.24) is 0 Å². The quantitative estimate of drug-likeness (QED) is 0.816. The van der Waals surface area contributed by atoms with E-state index < -0.39 is 6.10 Å². The number of hydrogen-bond donors (Lipinski definition) is 1. The van der Waals surface area contributed by atoms with Gasteiger partial charge in [0.25, 0.3) is 0 Å². The minimum Gasteiger partial charge on any atom is -0.390 e. The first kappa shape index (κ1) is 10.4. The fourth-order valence-electron chi connectivity index (χ4n) is 4.92. The summed E-state index contributed by atoms with van der Waals surface area (Å²) in [5, 5.41) is 10.2. The van der Waals surface area contributed by atoms with Crippen molar-refractivity contribution in [2.45, 2.75) is 24.9 Å². The molecule has 5 rings (SSSR count). The standard InChI is InChI=1S/C15H15NO3/c17-12-8-6-9-11-10(8)14(18)16(15(11)19-13(9)12)7-4-2-1-3-5-7/h1-5,8-13,15,17H,6H2. The maximum absolute atomic E-state index is 12.7. The zero-order chi connectivity index (χ0) is 12.7. The van der Waals surface area contributed by atoms with Gasteiger partial charge in [0.05, 0.1) is 18.1 Å². The molecule has 98 valence electrons. The largest absolute Gasteiger partial charge is 0.390 e. The Hall–Kier alpha value is -1.39. The number of benzene rings is 1. The summed E-state index contributed by atoms with van der Waals surface area (Å²) in [7, 11) is 0. The number of hydrogen-bond acceptors (Lipinski definition) is 3. The van der Waals surface area contributed by atoms with E-state index in [-0.39, 0.29) is 30.1 Å². The second kappa shape index (κ2) is 3.19. The Labute approximate surface area is 111 Å². The number of carbonyl (C=O) groups is 1. The highest BCUT2D eigenvalue weighted by Crippen LogP contribution is 2.63. The fraction of sp³-hybridized carbons (Fsp3) is 0.533. The van der Waals surface area contributed by atoms with Crippen molar-refractivity contribution in [3.05, 3.63) is 30.3 Å². The predicted octanol–water partition coefficient (Wildman–Crippen LogP) is 1.00. The van der Waals surface area contributed by atoms with E-state index >= 15 is 0 Å². The van der Waals surface area contributed by atoms with Gasteiger partial charge in [0, 0.05) is 11.6 Å². The Bertz CT molecular complexity index is 560. The lowest BCUT2D eigenvalue weighted by Gasteiger charge is -2.30. The van der Waals surface area contributed by atoms with E-state index in [4.69, 9.17) is 4.74 Å². The molecule has 0 aromatic heterocycles. The average molecular weight is 257 g/mol. The van der Waals surface area contributed by atoms with Crippen LogP contribution in [0.2, 0.25) is 0 Å². The van der Waals surface area contributed by atoms with Crippen LogP contribution in [0.5, 0.6) is 0 Å². The van der Waals surface area contributed by atoms with Gasteiger partial charge in [-0.25, -0.2) is 0 Å². The van der Waals surface area contributed by atoms with Crippen LogP contribution in [0.25, 0.3) is 0 Å². The molecule has 4 aliphatic rings. The molecule has 2 aliphatic heterocycles. The van der Waals surface area contributed by atoms with Crippen molar-refractivity contribution in [1.29, 1.82) is 0 Å². The first-order valence-electron chi connectivity index (χ1n) is 6.99. The van der Waals surface area contributed by atoms with E-state index in [1.54, 1.807) is 0 Å². The Morgan fingerprint density at radius 1 is 1.21 bits per heavy atom. The molecular weight excluding hydrogens is 242 g/mol. The van der Waals surface area contributed by atoms with Crippen LogP contribution in [0.3, 0.4) is 0 Å². The number of nitrogens with zero attached hydrogens (tertiary/aromatic N) is 1. The van der Waals surface area contributed by atoms with Crippen LogP contribution < -0.4 is 4.90 Å². The topological polar surface area (TPSA) is 49.8 Å². The lowest BCUT2D eigenvalue weighted by Crippen LogP contribution is -2.43. The molecule has 1 aromatic carbocycles. The SMILES string of the molecule is O=C1C2C3CC4C(OC(C42)N1c1ccccc1)C3O. The third-order valence-electron chi connectivity index (χ3n) is 5.55.